The van der Waals surface area contributed by atoms with Gasteiger partial charge in [0, 0.05) is 19.2 Å². The minimum Gasteiger partial charge on any atom is -0.497 e. The summed E-state index contributed by atoms with van der Waals surface area (Å²) < 4.78 is 11.0. The molecule has 1 N–H and O–H groups in total. The van der Waals surface area contributed by atoms with Gasteiger partial charge in [0.1, 0.15) is 22.0 Å². The van der Waals surface area contributed by atoms with Gasteiger partial charge in [0.05, 0.1) is 26.3 Å². The van der Waals surface area contributed by atoms with E-state index in [4.69, 9.17) is 9.47 Å². The van der Waals surface area contributed by atoms with Crippen molar-refractivity contribution in [2.45, 2.75) is 6.54 Å². The highest BCUT2D eigenvalue weighted by Crippen LogP contribution is 2.23. The molecule has 0 unspecified atom stereocenters. The summed E-state index contributed by atoms with van der Waals surface area (Å²) in [7, 11) is 4.79. The Hall–Kier alpha value is -3.13. The van der Waals surface area contributed by atoms with E-state index in [1.165, 1.54) is 22.3 Å². The number of ether oxygens (including phenoxy) is 2. The Labute approximate surface area is 159 Å². The number of hydrogen-bond acceptors (Lipinski definition) is 6. The van der Waals surface area contributed by atoms with Crippen LogP contribution < -0.4 is 15.0 Å². The molecule has 0 aliphatic rings. The third kappa shape index (κ3) is 4.35. The molecule has 0 radical (unpaired) electrons. The van der Waals surface area contributed by atoms with Crippen molar-refractivity contribution in [2.75, 3.05) is 21.3 Å². The topological polar surface area (TPSA) is 84.5 Å². The van der Waals surface area contributed by atoms with Crippen molar-refractivity contribution < 1.29 is 14.3 Å². The van der Waals surface area contributed by atoms with Gasteiger partial charge in [-0.25, -0.2) is 4.98 Å². The van der Waals surface area contributed by atoms with Crippen molar-refractivity contribution in [3.05, 3.63) is 57.5 Å². The number of nitrogens with one attached hydrogen (secondary N) is 1. The number of H-pyrrole nitrogens is 1. The van der Waals surface area contributed by atoms with Crippen LogP contribution in [0.1, 0.15) is 11.4 Å². The fourth-order valence-corrected chi connectivity index (χ4v) is 3.25. The van der Waals surface area contributed by atoms with Crippen molar-refractivity contribution in [3.63, 3.8) is 0 Å². The Bertz CT molecular complexity index is 1030. The second kappa shape index (κ2) is 8.05. The van der Waals surface area contributed by atoms with Crippen molar-refractivity contribution in [1.82, 2.24) is 14.9 Å². The second-order valence-corrected chi connectivity index (χ2v) is 6.74. The van der Waals surface area contributed by atoms with Gasteiger partial charge >= 0.3 is 0 Å². The molecule has 1 aromatic carbocycles. The van der Waals surface area contributed by atoms with Gasteiger partial charge in [-0.15, -0.1) is 11.3 Å². The molecule has 0 atom stereocenters. The molecule has 8 heteroatoms. The highest BCUT2D eigenvalue weighted by atomic mass is 32.1. The number of carbonyl (C=O) groups is 1. The first kappa shape index (κ1) is 18.7. The molecular weight excluding hydrogens is 366 g/mol. The number of benzene rings is 1. The van der Waals surface area contributed by atoms with Gasteiger partial charge in [-0.05, 0) is 35.2 Å². The molecule has 0 aliphatic carbocycles. The van der Waals surface area contributed by atoms with Crippen LogP contribution in [-0.4, -0.2) is 42.0 Å². The van der Waals surface area contributed by atoms with Gasteiger partial charge in [0.15, 0.2) is 0 Å². The van der Waals surface area contributed by atoms with Gasteiger partial charge in [0.25, 0.3) is 5.56 Å². The second-order valence-electron chi connectivity index (χ2n) is 5.82. The molecule has 0 bridgehead atoms. The Morgan fingerprint density at radius 2 is 1.96 bits per heavy atom. The predicted octanol–water partition coefficient (Wildman–Crippen LogP) is 2.67. The molecule has 1 amide bonds. The van der Waals surface area contributed by atoms with E-state index in [2.05, 4.69) is 9.97 Å². The maximum atomic E-state index is 12.4. The normalized spacial score (nSPS) is 11.1. The number of fused-ring (bicyclic) bond motifs is 1. The van der Waals surface area contributed by atoms with Crippen LogP contribution in [0.2, 0.25) is 0 Å². The molecule has 0 aliphatic heterocycles. The molecule has 3 aromatic rings. The molecular formula is C19H19N3O4S. The van der Waals surface area contributed by atoms with Gasteiger partial charge in [-0.2, -0.15) is 0 Å². The fraction of sp³-hybridized carbons (Fsp3) is 0.211. The number of aromatic amines is 1. The number of rotatable bonds is 6. The quantitative estimate of drug-likeness (QED) is 0.660. The average molecular weight is 385 g/mol. The SMILES string of the molecule is COc1cc(/C=C/C(=O)N(C)Cc2nc3ccsc3c(=O)[nH]2)cc(OC)c1. The third-order valence-electron chi connectivity index (χ3n) is 3.92. The van der Waals surface area contributed by atoms with E-state index in [9.17, 15) is 9.59 Å². The van der Waals surface area contributed by atoms with Crippen molar-refractivity contribution in [3.8, 4) is 11.5 Å². The number of amides is 1. The summed E-state index contributed by atoms with van der Waals surface area (Å²) >= 11 is 1.34. The van der Waals surface area contributed by atoms with Gasteiger partial charge < -0.3 is 19.4 Å². The first-order valence-corrected chi connectivity index (χ1v) is 9.01. The van der Waals surface area contributed by atoms with Crippen LogP contribution in [0.4, 0.5) is 0 Å². The summed E-state index contributed by atoms with van der Waals surface area (Å²) in [5.74, 6) is 1.50. The Kier molecular flexibility index (Phi) is 5.56. The first-order valence-electron chi connectivity index (χ1n) is 8.13. The van der Waals surface area contributed by atoms with E-state index in [0.29, 0.717) is 27.5 Å². The lowest BCUT2D eigenvalue weighted by molar-refractivity contribution is -0.125. The smallest absolute Gasteiger partial charge is 0.268 e. The summed E-state index contributed by atoms with van der Waals surface area (Å²) in [6.07, 6.45) is 3.14. The molecule has 0 saturated carbocycles. The molecule has 0 saturated heterocycles. The van der Waals surface area contributed by atoms with Crippen LogP contribution in [0.3, 0.4) is 0 Å². The number of likely N-dealkylation sites (N-methyl/N-ethyl adjacent to an activating group) is 1. The lowest BCUT2D eigenvalue weighted by Gasteiger charge is -2.14. The van der Waals surface area contributed by atoms with Crippen molar-refractivity contribution in [2.24, 2.45) is 0 Å². The maximum Gasteiger partial charge on any atom is 0.268 e. The minimum absolute atomic E-state index is 0.190. The molecule has 0 spiro atoms. The number of nitrogens with zero attached hydrogens (tertiary/aromatic N) is 2. The first-order chi connectivity index (χ1) is 13.0. The largest absolute Gasteiger partial charge is 0.497 e. The number of methoxy groups -OCH3 is 2. The van der Waals surface area contributed by atoms with E-state index in [0.717, 1.165) is 5.56 Å². The fourth-order valence-electron chi connectivity index (χ4n) is 2.52. The molecule has 2 heterocycles. The number of hydrogen-bond donors (Lipinski definition) is 1. The Morgan fingerprint density at radius 3 is 2.63 bits per heavy atom. The molecule has 2 aromatic heterocycles. The minimum atomic E-state index is -0.218. The Morgan fingerprint density at radius 1 is 1.26 bits per heavy atom. The number of carbonyl (C=O) groups excluding carboxylic acids is 1. The van der Waals surface area contributed by atoms with Gasteiger partial charge in [-0.3, -0.25) is 9.59 Å². The molecule has 0 fully saturated rings. The van der Waals surface area contributed by atoms with Gasteiger partial charge in [-0.1, -0.05) is 0 Å². The van der Waals surface area contributed by atoms with Crippen LogP contribution in [0, 0.1) is 0 Å². The molecule has 7 nitrogen and oxygen atoms in total. The van der Waals surface area contributed by atoms with E-state index < -0.39 is 0 Å². The highest BCUT2D eigenvalue weighted by molar-refractivity contribution is 7.17. The summed E-state index contributed by atoms with van der Waals surface area (Å²) in [4.78, 5) is 33.0. The monoisotopic (exact) mass is 385 g/mol. The molecule has 140 valence electrons. The van der Waals surface area contributed by atoms with E-state index >= 15 is 0 Å². The van der Waals surface area contributed by atoms with E-state index in [1.807, 2.05) is 5.38 Å². The molecule has 3 rings (SSSR count). The van der Waals surface area contributed by atoms with Crippen LogP contribution in [-0.2, 0) is 11.3 Å². The highest BCUT2D eigenvalue weighted by Gasteiger charge is 2.10. The summed E-state index contributed by atoms with van der Waals surface area (Å²) in [6, 6.07) is 7.15. The standard InChI is InChI=1S/C19H19N3O4S/c1-22(11-16-20-15-6-7-27-18(15)19(24)21-16)17(23)5-4-12-8-13(25-2)10-14(9-12)26-3/h4-10H,11H2,1-3H3,(H,20,21,24)/b5-4+. The predicted molar refractivity (Wildman–Crippen MR) is 105 cm³/mol. The van der Waals surface area contributed by atoms with Crippen molar-refractivity contribution >= 4 is 33.5 Å². The lowest BCUT2D eigenvalue weighted by Crippen LogP contribution is -2.26. The zero-order valence-corrected chi connectivity index (χ0v) is 16.0. The van der Waals surface area contributed by atoms with Crippen molar-refractivity contribution in [1.29, 1.82) is 0 Å². The zero-order chi connectivity index (χ0) is 19.4. The molecule has 27 heavy (non-hydrogen) atoms. The number of aromatic nitrogens is 2. The number of thiophene rings is 1. The van der Waals surface area contributed by atoms with E-state index in [1.54, 1.807) is 51.6 Å². The maximum absolute atomic E-state index is 12.4. The van der Waals surface area contributed by atoms with Gasteiger partial charge in [0.2, 0.25) is 5.91 Å². The third-order valence-corrected chi connectivity index (χ3v) is 4.82. The van der Waals surface area contributed by atoms with Crippen LogP contribution in [0.15, 0.2) is 40.5 Å². The van der Waals surface area contributed by atoms with E-state index in [-0.39, 0.29) is 18.0 Å². The summed E-state index contributed by atoms with van der Waals surface area (Å²) in [5, 5.41) is 1.82. The Balaban J connectivity index is 1.73. The van der Waals surface area contributed by atoms with Crippen LogP contribution in [0.5, 0.6) is 11.5 Å². The summed E-state index contributed by atoms with van der Waals surface area (Å²) in [5.41, 5.74) is 1.22. The van der Waals surface area contributed by atoms with Crippen LogP contribution >= 0.6 is 11.3 Å². The summed E-state index contributed by atoms with van der Waals surface area (Å²) in [6.45, 7) is 0.200. The average Bonchev–Trinajstić information content (AvgIpc) is 3.14. The lowest BCUT2D eigenvalue weighted by atomic mass is 10.2. The zero-order valence-electron chi connectivity index (χ0n) is 15.2. The van der Waals surface area contributed by atoms with Crippen LogP contribution in [0.25, 0.3) is 16.3 Å².